The third-order valence-electron chi connectivity index (χ3n) is 4.94. The topological polar surface area (TPSA) is 56.1 Å². The molecule has 0 spiro atoms. The Morgan fingerprint density at radius 2 is 1.90 bits per heavy atom. The van der Waals surface area contributed by atoms with E-state index in [4.69, 9.17) is 9.72 Å². The number of fused-ring (bicyclic) bond motifs is 1. The van der Waals surface area contributed by atoms with Gasteiger partial charge in [-0.05, 0) is 44.0 Å². The second-order valence-corrected chi connectivity index (χ2v) is 8.57. The molecule has 0 unspecified atom stereocenters. The molecule has 29 heavy (non-hydrogen) atoms. The van der Waals surface area contributed by atoms with Gasteiger partial charge in [-0.15, -0.1) is 0 Å². The maximum atomic E-state index is 12.3. The van der Waals surface area contributed by atoms with E-state index in [1.807, 2.05) is 45.0 Å². The minimum absolute atomic E-state index is 0.0225. The van der Waals surface area contributed by atoms with Crippen LogP contribution in [0.4, 0.5) is 0 Å². The van der Waals surface area contributed by atoms with Gasteiger partial charge in [-0.3, -0.25) is 4.79 Å². The second kappa shape index (κ2) is 8.68. The molecule has 2 aromatic carbocycles. The first kappa shape index (κ1) is 20.9. The van der Waals surface area contributed by atoms with Gasteiger partial charge in [0.25, 0.3) is 0 Å². The van der Waals surface area contributed by atoms with Gasteiger partial charge in [0.05, 0.1) is 24.2 Å². The summed E-state index contributed by atoms with van der Waals surface area (Å²) in [4.78, 5) is 17.0. The van der Waals surface area contributed by atoms with Crippen molar-refractivity contribution >= 4 is 16.9 Å². The molecule has 0 saturated carbocycles. The van der Waals surface area contributed by atoms with Crippen molar-refractivity contribution in [2.45, 2.75) is 54.1 Å². The summed E-state index contributed by atoms with van der Waals surface area (Å²) < 4.78 is 8.17. The van der Waals surface area contributed by atoms with Crippen molar-refractivity contribution in [1.82, 2.24) is 14.9 Å². The Morgan fingerprint density at radius 3 is 2.62 bits per heavy atom. The van der Waals surface area contributed by atoms with E-state index in [0.717, 1.165) is 41.1 Å². The lowest BCUT2D eigenvalue weighted by atomic mass is 9.96. The SMILES string of the molecule is Cc1ccc(OCCCn2c(CNC(=O)C(C)(C)C)nc3ccccc32)c(C)c1. The molecule has 1 N–H and O–H groups in total. The van der Waals surface area contributed by atoms with Gasteiger partial charge in [0.2, 0.25) is 5.91 Å². The molecule has 154 valence electrons. The molecule has 3 aromatic rings. The van der Waals surface area contributed by atoms with Gasteiger partial charge in [-0.1, -0.05) is 50.6 Å². The van der Waals surface area contributed by atoms with E-state index >= 15 is 0 Å². The van der Waals surface area contributed by atoms with Crippen molar-refractivity contribution < 1.29 is 9.53 Å². The fourth-order valence-electron chi connectivity index (χ4n) is 3.30. The highest BCUT2D eigenvalue weighted by Crippen LogP contribution is 2.20. The van der Waals surface area contributed by atoms with Crippen molar-refractivity contribution in [2.75, 3.05) is 6.61 Å². The van der Waals surface area contributed by atoms with Crippen molar-refractivity contribution in [1.29, 1.82) is 0 Å². The van der Waals surface area contributed by atoms with Gasteiger partial charge >= 0.3 is 0 Å². The molecule has 0 fully saturated rings. The van der Waals surface area contributed by atoms with Crippen LogP contribution in [0.5, 0.6) is 5.75 Å². The highest BCUT2D eigenvalue weighted by Gasteiger charge is 2.21. The molecule has 0 aliphatic heterocycles. The summed E-state index contributed by atoms with van der Waals surface area (Å²) in [6, 6.07) is 14.3. The van der Waals surface area contributed by atoms with Gasteiger partial charge in [-0.25, -0.2) is 4.98 Å². The molecule has 5 nitrogen and oxygen atoms in total. The number of benzene rings is 2. The van der Waals surface area contributed by atoms with Crippen LogP contribution >= 0.6 is 0 Å². The number of hydrogen-bond acceptors (Lipinski definition) is 3. The number of imidazole rings is 1. The van der Waals surface area contributed by atoms with Crippen LogP contribution in [0.2, 0.25) is 0 Å². The normalized spacial score (nSPS) is 11.6. The zero-order chi connectivity index (χ0) is 21.0. The monoisotopic (exact) mass is 393 g/mol. The third kappa shape index (κ3) is 5.17. The van der Waals surface area contributed by atoms with Gasteiger partial charge < -0.3 is 14.6 Å². The van der Waals surface area contributed by atoms with Crippen LogP contribution in [0.25, 0.3) is 11.0 Å². The number of nitrogens with zero attached hydrogens (tertiary/aromatic N) is 2. The van der Waals surface area contributed by atoms with Crippen LogP contribution < -0.4 is 10.1 Å². The molecular weight excluding hydrogens is 362 g/mol. The van der Waals surface area contributed by atoms with Crippen molar-refractivity contribution in [3.63, 3.8) is 0 Å². The molecule has 5 heteroatoms. The molecular formula is C24H31N3O2. The summed E-state index contributed by atoms with van der Waals surface area (Å²) in [5.41, 5.74) is 4.00. The molecule has 0 radical (unpaired) electrons. The zero-order valence-electron chi connectivity index (χ0n) is 18.1. The van der Waals surface area contributed by atoms with Gasteiger partial charge in [0.15, 0.2) is 0 Å². The Hall–Kier alpha value is -2.82. The van der Waals surface area contributed by atoms with Crippen molar-refractivity contribution in [3.8, 4) is 5.75 Å². The highest BCUT2D eigenvalue weighted by atomic mass is 16.5. The van der Waals surface area contributed by atoms with E-state index < -0.39 is 5.41 Å². The Balaban J connectivity index is 1.68. The van der Waals surface area contributed by atoms with E-state index in [9.17, 15) is 4.79 Å². The quantitative estimate of drug-likeness (QED) is 0.588. The molecule has 1 amide bonds. The maximum Gasteiger partial charge on any atom is 0.225 e. The summed E-state index contributed by atoms with van der Waals surface area (Å²) >= 11 is 0. The number of rotatable bonds is 7. The first-order valence-corrected chi connectivity index (χ1v) is 10.2. The highest BCUT2D eigenvalue weighted by molar-refractivity contribution is 5.81. The third-order valence-corrected chi connectivity index (χ3v) is 4.94. The Kier molecular flexibility index (Phi) is 6.26. The van der Waals surface area contributed by atoms with Crippen LogP contribution in [0.15, 0.2) is 42.5 Å². The predicted molar refractivity (Wildman–Crippen MR) is 117 cm³/mol. The lowest BCUT2D eigenvalue weighted by molar-refractivity contribution is -0.128. The lowest BCUT2D eigenvalue weighted by Gasteiger charge is -2.18. The van der Waals surface area contributed by atoms with Crippen LogP contribution in [0.3, 0.4) is 0 Å². The minimum Gasteiger partial charge on any atom is -0.493 e. The fraction of sp³-hybridized carbons (Fsp3) is 0.417. The van der Waals surface area contributed by atoms with E-state index in [1.165, 1.54) is 5.56 Å². The smallest absolute Gasteiger partial charge is 0.225 e. The van der Waals surface area contributed by atoms with E-state index in [1.54, 1.807) is 0 Å². The predicted octanol–water partition coefficient (Wildman–Crippen LogP) is 4.78. The molecule has 1 heterocycles. The fourth-order valence-corrected chi connectivity index (χ4v) is 3.30. The van der Waals surface area contributed by atoms with E-state index in [0.29, 0.717) is 13.2 Å². The average Bonchev–Trinajstić information content (AvgIpc) is 3.01. The molecule has 3 rings (SSSR count). The van der Waals surface area contributed by atoms with Crippen molar-refractivity contribution in [3.05, 3.63) is 59.4 Å². The Bertz CT molecular complexity index is 999. The van der Waals surface area contributed by atoms with E-state index in [-0.39, 0.29) is 5.91 Å². The van der Waals surface area contributed by atoms with Crippen LogP contribution in [0.1, 0.15) is 44.1 Å². The Labute approximate surface area is 173 Å². The summed E-state index contributed by atoms with van der Waals surface area (Å²) in [5.74, 6) is 1.83. The molecule has 0 aliphatic rings. The number of amides is 1. The number of ether oxygens (including phenoxy) is 1. The molecule has 0 bridgehead atoms. The minimum atomic E-state index is -0.420. The first-order chi connectivity index (χ1) is 13.8. The Morgan fingerprint density at radius 1 is 1.14 bits per heavy atom. The van der Waals surface area contributed by atoms with E-state index in [2.05, 4.69) is 41.9 Å². The van der Waals surface area contributed by atoms with Crippen LogP contribution in [0, 0.1) is 19.3 Å². The summed E-state index contributed by atoms with van der Waals surface area (Å²) in [5, 5.41) is 3.02. The zero-order valence-corrected chi connectivity index (χ0v) is 18.1. The first-order valence-electron chi connectivity index (χ1n) is 10.2. The van der Waals surface area contributed by atoms with Gasteiger partial charge in [-0.2, -0.15) is 0 Å². The standard InChI is InChI=1S/C24H31N3O2/c1-17-11-12-21(18(2)15-17)29-14-8-13-27-20-10-7-6-9-19(20)26-22(27)16-25-23(28)24(3,4)5/h6-7,9-12,15H,8,13-14,16H2,1-5H3,(H,25,28). The maximum absolute atomic E-state index is 12.3. The number of aromatic nitrogens is 2. The summed E-state index contributed by atoms with van der Waals surface area (Å²) in [6.45, 7) is 11.7. The summed E-state index contributed by atoms with van der Waals surface area (Å²) in [6.07, 6.45) is 0.855. The average molecular weight is 394 g/mol. The lowest BCUT2D eigenvalue weighted by Crippen LogP contribution is -2.35. The van der Waals surface area contributed by atoms with Crippen molar-refractivity contribution in [2.24, 2.45) is 5.41 Å². The number of carbonyl (C=O) groups is 1. The number of hydrogen-bond donors (Lipinski definition) is 1. The number of aryl methyl sites for hydroxylation is 3. The van der Waals surface area contributed by atoms with Gasteiger partial charge in [0, 0.05) is 12.0 Å². The largest absolute Gasteiger partial charge is 0.493 e. The number of nitrogens with one attached hydrogen (secondary N) is 1. The number of carbonyl (C=O) groups excluding carboxylic acids is 1. The van der Waals surface area contributed by atoms with Gasteiger partial charge in [0.1, 0.15) is 11.6 Å². The molecule has 0 atom stereocenters. The van der Waals surface area contributed by atoms with Crippen LogP contribution in [-0.4, -0.2) is 22.1 Å². The molecule has 1 aromatic heterocycles. The molecule has 0 saturated heterocycles. The summed E-state index contributed by atoms with van der Waals surface area (Å²) in [7, 11) is 0. The number of para-hydroxylation sites is 2. The second-order valence-electron chi connectivity index (χ2n) is 8.57. The molecule has 0 aliphatic carbocycles. The van der Waals surface area contributed by atoms with Crippen LogP contribution in [-0.2, 0) is 17.9 Å².